The minimum Gasteiger partial charge on any atom is -0.459 e. The van der Waals surface area contributed by atoms with Gasteiger partial charge >= 0.3 is 5.97 Å². The molecule has 0 saturated heterocycles. The maximum absolute atomic E-state index is 12.5. The van der Waals surface area contributed by atoms with Gasteiger partial charge in [-0.15, -0.1) is 0 Å². The second-order valence-corrected chi connectivity index (χ2v) is 7.11. The molecular formula is C21H29N3O3. The molecule has 0 fully saturated rings. The molecule has 0 aliphatic rings. The van der Waals surface area contributed by atoms with E-state index in [4.69, 9.17) is 4.74 Å². The Hall–Kier alpha value is -2.63. The van der Waals surface area contributed by atoms with Crippen LogP contribution in [-0.2, 0) is 20.9 Å². The summed E-state index contributed by atoms with van der Waals surface area (Å²) < 4.78 is 5.53. The van der Waals surface area contributed by atoms with Crippen LogP contribution < -0.4 is 5.32 Å². The molecule has 2 aromatic rings. The minimum absolute atomic E-state index is 0.0409. The van der Waals surface area contributed by atoms with Crippen molar-refractivity contribution in [1.82, 2.24) is 15.3 Å². The first-order valence-electron chi connectivity index (χ1n) is 9.37. The molecule has 0 aliphatic heterocycles. The first-order valence-corrected chi connectivity index (χ1v) is 9.37. The van der Waals surface area contributed by atoms with Crippen LogP contribution in [0.25, 0.3) is 0 Å². The third-order valence-electron chi connectivity index (χ3n) is 4.87. The number of nitrogens with one attached hydrogen (secondary N) is 2. The molecule has 146 valence electrons. The molecule has 6 heteroatoms. The van der Waals surface area contributed by atoms with Gasteiger partial charge < -0.3 is 15.0 Å². The highest BCUT2D eigenvalue weighted by molar-refractivity contribution is 5.84. The SMILES string of the molecule is CCC(=O)NC(C(=O)OCc1cccc([C@H](C)c2cnc[nH]2)c1C)C(C)C. The van der Waals surface area contributed by atoms with E-state index in [1.54, 1.807) is 13.3 Å². The number of aromatic nitrogens is 2. The molecule has 1 aromatic heterocycles. The van der Waals surface area contributed by atoms with Gasteiger partial charge in [0.15, 0.2) is 0 Å². The van der Waals surface area contributed by atoms with Crippen molar-refractivity contribution in [2.75, 3.05) is 0 Å². The summed E-state index contributed by atoms with van der Waals surface area (Å²) in [7, 11) is 0. The highest BCUT2D eigenvalue weighted by Crippen LogP contribution is 2.27. The van der Waals surface area contributed by atoms with Crippen molar-refractivity contribution in [2.45, 2.75) is 59.6 Å². The zero-order chi connectivity index (χ0) is 20.0. The number of hydrogen-bond acceptors (Lipinski definition) is 4. The number of hydrogen-bond donors (Lipinski definition) is 2. The molecule has 1 unspecified atom stereocenters. The zero-order valence-corrected chi connectivity index (χ0v) is 16.7. The lowest BCUT2D eigenvalue weighted by molar-refractivity contribution is -0.150. The van der Waals surface area contributed by atoms with Gasteiger partial charge in [0, 0.05) is 24.2 Å². The molecular weight excluding hydrogens is 342 g/mol. The number of imidazole rings is 1. The van der Waals surface area contributed by atoms with E-state index in [1.807, 2.05) is 39.1 Å². The van der Waals surface area contributed by atoms with E-state index in [0.29, 0.717) is 6.42 Å². The van der Waals surface area contributed by atoms with Gasteiger partial charge in [-0.25, -0.2) is 9.78 Å². The Bertz CT molecular complexity index is 769. The predicted molar refractivity (Wildman–Crippen MR) is 104 cm³/mol. The minimum atomic E-state index is -0.634. The lowest BCUT2D eigenvalue weighted by atomic mass is 9.91. The highest BCUT2D eigenvalue weighted by Gasteiger charge is 2.25. The van der Waals surface area contributed by atoms with Gasteiger partial charge in [0.1, 0.15) is 12.6 Å². The molecule has 1 aromatic carbocycles. The maximum Gasteiger partial charge on any atom is 0.329 e. The van der Waals surface area contributed by atoms with Crippen molar-refractivity contribution in [2.24, 2.45) is 5.92 Å². The average Bonchev–Trinajstić information content (AvgIpc) is 3.18. The molecule has 2 rings (SSSR count). The Labute approximate surface area is 160 Å². The highest BCUT2D eigenvalue weighted by atomic mass is 16.5. The van der Waals surface area contributed by atoms with Gasteiger partial charge in [0.05, 0.1) is 6.33 Å². The van der Waals surface area contributed by atoms with E-state index in [0.717, 1.165) is 22.4 Å². The summed E-state index contributed by atoms with van der Waals surface area (Å²) in [6.07, 6.45) is 3.83. The van der Waals surface area contributed by atoms with Crippen molar-refractivity contribution in [3.63, 3.8) is 0 Å². The van der Waals surface area contributed by atoms with Crippen LogP contribution in [0.2, 0.25) is 0 Å². The molecule has 2 atom stereocenters. The topological polar surface area (TPSA) is 84.1 Å². The molecule has 0 bridgehead atoms. The summed E-state index contributed by atoms with van der Waals surface area (Å²) in [5.41, 5.74) is 4.24. The summed E-state index contributed by atoms with van der Waals surface area (Å²) in [5, 5.41) is 2.74. The summed E-state index contributed by atoms with van der Waals surface area (Å²) in [6.45, 7) is 9.86. The van der Waals surface area contributed by atoms with E-state index in [2.05, 4.69) is 28.3 Å². The average molecular weight is 371 g/mol. The van der Waals surface area contributed by atoms with Crippen LogP contribution in [-0.4, -0.2) is 27.9 Å². The summed E-state index contributed by atoms with van der Waals surface area (Å²) in [6, 6.07) is 5.37. The van der Waals surface area contributed by atoms with Crippen molar-refractivity contribution in [3.8, 4) is 0 Å². The fourth-order valence-corrected chi connectivity index (χ4v) is 3.01. The molecule has 2 N–H and O–H groups in total. The number of rotatable bonds is 8. The van der Waals surface area contributed by atoms with Crippen LogP contribution in [0.3, 0.4) is 0 Å². The smallest absolute Gasteiger partial charge is 0.329 e. The van der Waals surface area contributed by atoms with Crippen molar-refractivity contribution in [1.29, 1.82) is 0 Å². The second-order valence-electron chi connectivity index (χ2n) is 7.11. The fourth-order valence-electron chi connectivity index (χ4n) is 3.01. The van der Waals surface area contributed by atoms with Crippen LogP contribution in [0, 0.1) is 12.8 Å². The number of carbonyl (C=O) groups is 2. The lowest BCUT2D eigenvalue weighted by Crippen LogP contribution is -2.45. The third-order valence-corrected chi connectivity index (χ3v) is 4.87. The van der Waals surface area contributed by atoms with Gasteiger partial charge in [-0.1, -0.05) is 45.9 Å². The number of amides is 1. The number of aromatic amines is 1. The van der Waals surface area contributed by atoms with Crippen molar-refractivity contribution in [3.05, 3.63) is 53.1 Å². The Kier molecular flexibility index (Phi) is 7.16. The predicted octanol–water partition coefficient (Wildman–Crippen LogP) is 3.46. The van der Waals surface area contributed by atoms with E-state index in [-0.39, 0.29) is 24.3 Å². The largest absolute Gasteiger partial charge is 0.459 e. The summed E-state index contributed by atoms with van der Waals surface area (Å²) >= 11 is 0. The van der Waals surface area contributed by atoms with Crippen molar-refractivity contribution < 1.29 is 14.3 Å². The van der Waals surface area contributed by atoms with Crippen molar-refractivity contribution >= 4 is 11.9 Å². The molecule has 0 saturated carbocycles. The third kappa shape index (κ3) is 5.18. The number of ether oxygens (including phenoxy) is 1. The Balaban J connectivity index is 2.10. The quantitative estimate of drug-likeness (QED) is 0.696. The van der Waals surface area contributed by atoms with Gasteiger partial charge in [-0.2, -0.15) is 0 Å². The Morgan fingerprint density at radius 2 is 2.00 bits per heavy atom. The van der Waals surface area contributed by atoms with Crippen LogP contribution in [0.4, 0.5) is 0 Å². The number of benzene rings is 1. The zero-order valence-electron chi connectivity index (χ0n) is 16.7. The normalized spacial score (nSPS) is 13.3. The first kappa shape index (κ1) is 20.7. The summed E-state index contributed by atoms with van der Waals surface area (Å²) in [4.78, 5) is 31.4. The van der Waals surface area contributed by atoms with Crippen LogP contribution >= 0.6 is 0 Å². The maximum atomic E-state index is 12.5. The summed E-state index contributed by atoms with van der Waals surface area (Å²) in [5.74, 6) is -0.438. The number of carbonyl (C=O) groups excluding carboxylic acids is 2. The number of esters is 1. The molecule has 1 amide bonds. The van der Waals surface area contributed by atoms with Crippen LogP contribution in [0.1, 0.15) is 62.4 Å². The Morgan fingerprint density at radius 3 is 2.59 bits per heavy atom. The fraction of sp³-hybridized carbons (Fsp3) is 0.476. The van der Waals surface area contributed by atoms with Crippen LogP contribution in [0.5, 0.6) is 0 Å². The number of nitrogens with zero attached hydrogens (tertiary/aromatic N) is 1. The van der Waals surface area contributed by atoms with E-state index >= 15 is 0 Å². The standard InChI is InChI=1S/C21H29N3O3/c1-6-19(25)24-20(13(2)3)21(26)27-11-16-8-7-9-17(14(16)4)15(5)18-10-22-12-23-18/h7-10,12-13,15,20H,6,11H2,1-5H3,(H,22,23)(H,24,25)/t15-,20?/m0/s1. The van der Waals surface area contributed by atoms with E-state index in [1.165, 1.54) is 0 Å². The Morgan fingerprint density at radius 1 is 1.26 bits per heavy atom. The van der Waals surface area contributed by atoms with Gasteiger partial charge in [-0.3, -0.25) is 4.79 Å². The molecule has 0 aliphatic carbocycles. The molecule has 0 radical (unpaired) electrons. The number of H-pyrrole nitrogens is 1. The molecule has 1 heterocycles. The van der Waals surface area contributed by atoms with Gasteiger partial charge in [-0.05, 0) is 29.5 Å². The lowest BCUT2D eigenvalue weighted by Gasteiger charge is -2.21. The first-order chi connectivity index (χ1) is 12.8. The molecule has 0 spiro atoms. The van der Waals surface area contributed by atoms with Crippen LogP contribution in [0.15, 0.2) is 30.7 Å². The van der Waals surface area contributed by atoms with Gasteiger partial charge in [0.25, 0.3) is 0 Å². The van der Waals surface area contributed by atoms with Gasteiger partial charge in [0.2, 0.25) is 5.91 Å². The second kappa shape index (κ2) is 9.35. The van der Waals surface area contributed by atoms with E-state index in [9.17, 15) is 9.59 Å². The molecule has 6 nitrogen and oxygen atoms in total. The monoisotopic (exact) mass is 371 g/mol. The van der Waals surface area contributed by atoms with E-state index < -0.39 is 12.0 Å². The molecule has 27 heavy (non-hydrogen) atoms.